The Morgan fingerprint density at radius 3 is 2.00 bits per heavy atom. The van der Waals surface area contributed by atoms with Crippen molar-refractivity contribution >= 4 is 11.8 Å². The quantitative estimate of drug-likeness (QED) is 0.686. The third kappa shape index (κ3) is 2.47. The van der Waals surface area contributed by atoms with E-state index in [1.165, 1.54) is 5.01 Å². The lowest BCUT2D eigenvalue weighted by Crippen LogP contribution is -2.40. The summed E-state index contributed by atoms with van der Waals surface area (Å²) in [5.41, 5.74) is 4.19. The normalized spacial score (nSPS) is 13.4. The monoisotopic (exact) mass is 330 g/mol. The van der Waals surface area contributed by atoms with Gasteiger partial charge < -0.3 is 0 Å². The van der Waals surface area contributed by atoms with E-state index < -0.39 is 0 Å². The number of aromatic nitrogens is 1. The van der Waals surface area contributed by atoms with Crippen molar-refractivity contribution in [2.75, 3.05) is 5.01 Å². The zero-order valence-corrected chi connectivity index (χ0v) is 14.0. The van der Waals surface area contributed by atoms with Gasteiger partial charge in [0.1, 0.15) is 0 Å². The molecule has 124 valence electrons. The van der Waals surface area contributed by atoms with Crippen LogP contribution >= 0.6 is 0 Å². The lowest BCUT2D eigenvalue weighted by atomic mass is 10.1. The Bertz CT molecular complexity index is 922. The summed E-state index contributed by atoms with van der Waals surface area (Å²) in [6, 6.07) is 19.0. The Kier molecular flexibility index (Phi) is 3.73. The Hall–Kier alpha value is -3.14. The molecule has 3 aromatic rings. The molecule has 25 heavy (non-hydrogen) atoms. The van der Waals surface area contributed by atoms with Crippen LogP contribution in [-0.4, -0.2) is 16.5 Å². The molecule has 0 N–H and O–H groups in total. The van der Waals surface area contributed by atoms with Crippen molar-refractivity contribution in [3.05, 3.63) is 94.8 Å². The molecule has 4 rings (SSSR count). The number of benzene rings is 2. The molecule has 2 amide bonds. The van der Waals surface area contributed by atoms with E-state index in [1.54, 1.807) is 28.9 Å². The minimum absolute atomic E-state index is 0.270. The Balaban J connectivity index is 1.78. The molecule has 0 fully saturated rings. The molecule has 1 aromatic heterocycles. The topological polar surface area (TPSA) is 42.3 Å². The van der Waals surface area contributed by atoms with Gasteiger partial charge in [-0.1, -0.05) is 49.4 Å². The van der Waals surface area contributed by atoms with Crippen molar-refractivity contribution in [2.24, 2.45) is 0 Å². The van der Waals surface area contributed by atoms with Crippen LogP contribution in [0.5, 0.6) is 0 Å². The minimum atomic E-state index is -0.270. The van der Waals surface area contributed by atoms with Gasteiger partial charge in [0.05, 0.1) is 11.1 Å². The average molecular weight is 330 g/mol. The Morgan fingerprint density at radius 2 is 1.40 bits per heavy atom. The number of carbonyl (C=O) groups is 2. The zero-order valence-electron chi connectivity index (χ0n) is 14.0. The van der Waals surface area contributed by atoms with Gasteiger partial charge in [0, 0.05) is 18.3 Å². The standard InChI is InChI=1S/C21H18N2O2/c1-2-16-12-13-22(19(16)14-15-8-4-3-5-9-15)23-20(24)17-10-6-7-11-18(17)21(23)25/h3-13H,2,14H2,1H3. The van der Waals surface area contributed by atoms with Gasteiger partial charge in [-0.2, -0.15) is 5.01 Å². The van der Waals surface area contributed by atoms with Crippen LogP contribution in [0.1, 0.15) is 44.5 Å². The number of rotatable bonds is 4. The van der Waals surface area contributed by atoms with Gasteiger partial charge in [0.2, 0.25) is 0 Å². The Morgan fingerprint density at radius 1 is 0.800 bits per heavy atom. The third-order valence-electron chi connectivity index (χ3n) is 4.65. The number of hydrogen-bond donors (Lipinski definition) is 0. The summed E-state index contributed by atoms with van der Waals surface area (Å²) in [4.78, 5) is 25.6. The molecule has 0 bridgehead atoms. The average Bonchev–Trinajstić information content (AvgIpc) is 3.15. The van der Waals surface area contributed by atoms with Gasteiger partial charge in [-0.25, -0.2) is 0 Å². The highest BCUT2D eigenvalue weighted by Gasteiger charge is 2.37. The first-order valence-electron chi connectivity index (χ1n) is 8.42. The maximum atomic E-state index is 12.8. The van der Waals surface area contributed by atoms with Gasteiger partial charge >= 0.3 is 0 Å². The molecule has 4 heteroatoms. The van der Waals surface area contributed by atoms with Crippen molar-refractivity contribution in [2.45, 2.75) is 19.8 Å². The van der Waals surface area contributed by atoms with Crippen molar-refractivity contribution < 1.29 is 9.59 Å². The molecule has 0 spiro atoms. The number of amides is 2. The van der Waals surface area contributed by atoms with Crippen LogP contribution in [0.3, 0.4) is 0 Å². The maximum absolute atomic E-state index is 12.8. The molecule has 0 saturated carbocycles. The molecule has 0 aliphatic carbocycles. The third-order valence-corrected chi connectivity index (χ3v) is 4.65. The first-order chi connectivity index (χ1) is 12.2. The summed E-state index contributed by atoms with van der Waals surface area (Å²) in [5, 5.41) is 1.25. The molecule has 0 atom stereocenters. The highest BCUT2D eigenvalue weighted by molar-refractivity contribution is 6.30. The molecule has 0 radical (unpaired) electrons. The molecule has 2 aromatic carbocycles. The van der Waals surface area contributed by atoms with E-state index in [0.717, 1.165) is 23.2 Å². The SMILES string of the molecule is CCc1ccn(N2C(=O)c3ccccc3C2=O)c1Cc1ccccc1. The summed E-state index contributed by atoms with van der Waals surface area (Å²) in [5.74, 6) is -0.540. The predicted molar refractivity (Wildman–Crippen MR) is 96.4 cm³/mol. The summed E-state index contributed by atoms with van der Waals surface area (Å²) in [7, 11) is 0. The first kappa shape index (κ1) is 15.4. The van der Waals surface area contributed by atoms with Gasteiger partial charge in [0.15, 0.2) is 0 Å². The van der Waals surface area contributed by atoms with Crippen molar-refractivity contribution in [1.29, 1.82) is 0 Å². The van der Waals surface area contributed by atoms with E-state index in [9.17, 15) is 9.59 Å². The fourth-order valence-electron chi connectivity index (χ4n) is 3.36. The maximum Gasteiger partial charge on any atom is 0.281 e. The second-order valence-electron chi connectivity index (χ2n) is 6.12. The van der Waals surface area contributed by atoms with Gasteiger partial charge in [0.25, 0.3) is 11.8 Å². The van der Waals surface area contributed by atoms with Gasteiger partial charge in [-0.3, -0.25) is 14.3 Å². The molecule has 0 saturated heterocycles. The minimum Gasteiger partial charge on any atom is -0.267 e. The lowest BCUT2D eigenvalue weighted by Gasteiger charge is -2.20. The Labute approximate surface area is 146 Å². The van der Waals surface area contributed by atoms with Crippen LogP contribution in [0.4, 0.5) is 0 Å². The van der Waals surface area contributed by atoms with Crippen LogP contribution in [0.2, 0.25) is 0 Å². The van der Waals surface area contributed by atoms with E-state index in [-0.39, 0.29) is 11.8 Å². The molecule has 1 aliphatic heterocycles. The second kappa shape index (κ2) is 6.06. The van der Waals surface area contributed by atoms with Gasteiger partial charge in [-0.05, 0) is 35.7 Å². The van der Waals surface area contributed by atoms with Crippen molar-refractivity contribution in [1.82, 2.24) is 4.68 Å². The lowest BCUT2D eigenvalue weighted by molar-refractivity contribution is 0.0885. The molecule has 4 nitrogen and oxygen atoms in total. The molecule has 0 unspecified atom stereocenters. The van der Waals surface area contributed by atoms with Crippen LogP contribution < -0.4 is 5.01 Å². The van der Waals surface area contributed by atoms with E-state index in [0.29, 0.717) is 17.5 Å². The zero-order chi connectivity index (χ0) is 17.4. The number of fused-ring (bicyclic) bond motifs is 1. The highest BCUT2D eigenvalue weighted by Crippen LogP contribution is 2.25. The largest absolute Gasteiger partial charge is 0.281 e. The predicted octanol–water partition coefficient (Wildman–Crippen LogP) is 3.57. The fraction of sp³-hybridized carbons (Fsp3) is 0.143. The molecular formula is C21H18N2O2. The number of hydrogen-bond acceptors (Lipinski definition) is 2. The van der Waals surface area contributed by atoms with E-state index in [2.05, 4.69) is 19.1 Å². The van der Waals surface area contributed by atoms with E-state index >= 15 is 0 Å². The van der Waals surface area contributed by atoms with E-state index in [4.69, 9.17) is 0 Å². The molecular weight excluding hydrogens is 312 g/mol. The van der Waals surface area contributed by atoms with Crippen molar-refractivity contribution in [3.8, 4) is 0 Å². The smallest absolute Gasteiger partial charge is 0.267 e. The molecule has 2 heterocycles. The summed E-state index contributed by atoms with van der Waals surface area (Å²) < 4.78 is 1.72. The van der Waals surface area contributed by atoms with Crippen LogP contribution in [-0.2, 0) is 12.8 Å². The summed E-state index contributed by atoms with van der Waals surface area (Å²) in [6.07, 6.45) is 3.33. The number of carbonyl (C=O) groups excluding carboxylic acids is 2. The van der Waals surface area contributed by atoms with Crippen LogP contribution in [0.25, 0.3) is 0 Å². The second-order valence-corrected chi connectivity index (χ2v) is 6.12. The highest BCUT2D eigenvalue weighted by atomic mass is 16.2. The summed E-state index contributed by atoms with van der Waals surface area (Å²) in [6.45, 7) is 2.08. The van der Waals surface area contributed by atoms with Gasteiger partial charge in [-0.15, -0.1) is 0 Å². The first-order valence-corrected chi connectivity index (χ1v) is 8.42. The van der Waals surface area contributed by atoms with Crippen molar-refractivity contribution in [3.63, 3.8) is 0 Å². The van der Waals surface area contributed by atoms with Crippen LogP contribution in [0, 0.1) is 0 Å². The number of aryl methyl sites for hydroxylation is 1. The molecule has 1 aliphatic rings. The fourth-order valence-corrected chi connectivity index (χ4v) is 3.36. The van der Waals surface area contributed by atoms with E-state index in [1.807, 2.05) is 30.5 Å². The number of nitrogens with zero attached hydrogens (tertiary/aromatic N) is 2. The number of imide groups is 1. The van der Waals surface area contributed by atoms with Crippen LogP contribution in [0.15, 0.2) is 66.9 Å². The summed E-state index contributed by atoms with van der Waals surface area (Å²) >= 11 is 0.